The summed E-state index contributed by atoms with van der Waals surface area (Å²) in [5, 5.41) is 0. The number of fused-ring (bicyclic) bond motifs is 1. The normalized spacial score (nSPS) is 26.9. The molecule has 2 heterocycles. The Labute approximate surface area is 210 Å². The van der Waals surface area contributed by atoms with Gasteiger partial charge < -0.3 is 4.57 Å². The summed E-state index contributed by atoms with van der Waals surface area (Å²) >= 11 is 0. The lowest BCUT2D eigenvalue weighted by atomic mass is 9.79. The number of rotatable bonds is 3. The fourth-order valence-electron chi connectivity index (χ4n) is 6.30. The van der Waals surface area contributed by atoms with Crippen LogP contribution in [0.1, 0.15) is 24.0 Å². The first kappa shape index (κ1) is 24.5. The monoisotopic (exact) mass is 538 g/mol. The van der Waals surface area contributed by atoms with Crippen LogP contribution in [0.25, 0.3) is 16.9 Å². The second-order valence-corrected chi connectivity index (χ2v) is 11.8. The Kier molecular flexibility index (Phi) is 5.52. The van der Waals surface area contributed by atoms with Gasteiger partial charge in [0.25, 0.3) is 10.2 Å². The molecular formula is C25H23F5N4O2S. The van der Waals surface area contributed by atoms with Gasteiger partial charge in [-0.2, -0.15) is 30.6 Å². The van der Waals surface area contributed by atoms with E-state index >= 15 is 0 Å². The predicted molar refractivity (Wildman–Crippen MR) is 125 cm³/mol. The van der Waals surface area contributed by atoms with Gasteiger partial charge in [-0.15, -0.1) is 0 Å². The molecule has 0 unspecified atom stereocenters. The summed E-state index contributed by atoms with van der Waals surface area (Å²) in [6.07, 6.45) is 0.998. The average Bonchev–Trinajstić information content (AvgIpc) is 3.42. The van der Waals surface area contributed by atoms with E-state index in [1.807, 2.05) is 18.2 Å². The van der Waals surface area contributed by atoms with Gasteiger partial charge in [-0.05, 0) is 66.8 Å². The molecule has 1 aliphatic heterocycles. The summed E-state index contributed by atoms with van der Waals surface area (Å²) in [4.78, 5) is 4.38. The molecule has 6 rings (SSSR count). The summed E-state index contributed by atoms with van der Waals surface area (Å²) in [6, 6.07) is 9.09. The number of benzene rings is 2. The fourth-order valence-corrected chi connectivity index (χ4v) is 8.01. The van der Waals surface area contributed by atoms with E-state index in [9.17, 15) is 30.4 Å². The largest absolute Gasteiger partial charge is 0.402 e. The van der Waals surface area contributed by atoms with Crippen molar-refractivity contribution in [2.45, 2.75) is 37.4 Å². The first-order valence-electron chi connectivity index (χ1n) is 11.9. The molecule has 1 aromatic heterocycles. The van der Waals surface area contributed by atoms with Crippen molar-refractivity contribution in [3.05, 3.63) is 71.7 Å². The van der Waals surface area contributed by atoms with Crippen molar-refractivity contribution in [3.8, 4) is 16.9 Å². The third-order valence-corrected chi connectivity index (χ3v) is 9.55. The minimum atomic E-state index is -4.62. The summed E-state index contributed by atoms with van der Waals surface area (Å²) in [6.45, 7) is -1.70. The maximum absolute atomic E-state index is 14.2. The highest BCUT2D eigenvalue weighted by molar-refractivity contribution is 7.87. The highest BCUT2D eigenvalue weighted by Gasteiger charge is 2.60. The third kappa shape index (κ3) is 4.24. The molecule has 3 aromatic rings. The summed E-state index contributed by atoms with van der Waals surface area (Å²) < 4.78 is 96.8. The molecule has 1 saturated heterocycles. The van der Waals surface area contributed by atoms with Crippen LogP contribution < -0.4 is 4.72 Å². The fraction of sp³-hybridized carbons (Fsp3) is 0.400. The maximum Gasteiger partial charge on any atom is 0.402 e. The van der Waals surface area contributed by atoms with E-state index < -0.39 is 40.1 Å². The van der Waals surface area contributed by atoms with Gasteiger partial charge in [-0.3, -0.25) is 0 Å². The molecule has 2 aromatic carbocycles. The highest BCUT2D eigenvalue weighted by Crippen LogP contribution is 2.50. The molecule has 1 N–H and O–H groups in total. The van der Waals surface area contributed by atoms with Crippen LogP contribution in [-0.2, 0) is 23.1 Å². The molecule has 6 nitrogen and oxygen atoms in total. The van der Waals surface area contributed by atoms with Gasteiger partial charge >= 0.3 is 6.18 Å². The SMILES string of the molecule is O=S1(=O)N[C@]2(CN1CC(F)(F)F)[C@@H]1CC[C@H]2Cc2cc(-c3cn(-c4ccc(F)cc4F)cn3)ccc2C1. The van der Waals surface area contributed by atoms with Crippen LogP contribution in [0.15, 0.2) is 48.9 Å². The van der Waals surface area contributed by atoms with Crippen LogP contribution in [-0.4, -0.2) is 47.1 Å². The van der Waals surface area contributed by atoms with Crippen molar-refractivity contribution in [2.75, 3.05) is 13.1 Å². The quantitative estimate of drug-likeness (QED) is 0.503. The third-order valence-electron chi connectivity index (χ3n) is 7.98. The zero-order valence-electron chi connectivity index (χ0n) is 19.5. The average molecular weight is 539 g/mol. The molecule has 3 aliphatic rings. The zero-order valence-corrected chi connectivity index (χ0v) is 20.3. The second-order valence-electron chi connectivity index (χ2n) is 10.2. The van der Waals surface area contributed by atoms with E-state index in [0.717, 1.165) is 35.6 Å². The van der Waals surface area contributed by atoms with Crippen LogP contribution in [0.2, 0.25) is 0 Å². The van der Waals surface area contributed by atoms with E-state index in [4.69, 9.17) is 0 Å². The Hall–Kier alpha value is -2.83. The second kappa shape index (κ2) is 8.34. The van der Waals surface area contributed by atoms with E-state index in [2.05, 4.69) is 9.71 Å². The van der Waals surface area contributed by atoms with E-state index in [1.165, 1.54) is 23.0 Å². The Morgan fingerprint density at radius 1 is 1.03 bits per heavy atom. The Balaban J connectivity index is 1.29. The Bertz CT molecular complexity index is 1490. The number of aromatic nitrogens is 2. The topological polar surface area (TPSA) is 67.2 Å². The van der Waals surface area contributed by atoms with Gasteiger partial charge in [-0.1, -0.05) is 12.1 Å². The summed E-state index contributed by atoms with van der Waals surface area (Å²) in [5.41, 5.74) is 2.61. The molecule has 0 amide bonds. The lowest BCUT2D eigenvalue weighted by molar-refractivity contribution is -0.136. The van der Waals surface area contributed by atoms with Gasteiger partial charge in [0.05, 0.1) is 16.9 Å². The Morgan fingerprint density at radius 3 is 2.46 bits per heavy atom. The van der Waals surface area contributed by atoms with Crippen LogP contribution >= 0.6 is 0 Å². The van der Waals surface area contributed by atoms with Gasteiger partial charge in [-0.25, -0.2) is 13.8 Å². The van der Waals surface area contributed by atoms with Crippen LogP contribution in [0.5, 0.6) is 0 Å². The van der Waals surface area contributed by atoms with Gasteiger partial charge in [0, 0.05) is 24.4 Å². The minimum absolute atomic E-state index is 0.113. The van der Waals surface area contributed by atoms with Crippen molar-refractivity contribution in [2.24, 2.45) is 11.8 Å². The summed E-state index contributed by atoms with van der Waals surface area (Å²) in [7, 11) is -4.24. The molecular weight excluding hydrogens is 515 g/mol. The lowest BCUT2D eigenvalue weighted by Crippen LogP contribution is -2.52. The first-order valence-corrected chi connectivity index (χ1v) is 13.3. The van der Waals surface area contributed by atoms with E-state index in [1.54, 1.807) is 6.20 Å². The number of halogens is 5. The first-order chi connectivity index (χ1) is 17.4. The minimum Gasteiger partial charge on any atom is -0.303 e. The maximum atomic E-state index is 14.2. The predicted octanol–water partition coefficient (Wildman–Crippen LogP) is 4.39. The number of imidazole rings is 1. The van der Waals surface area contributed by atoms with Crippen LogP contribution in [0.4, 0.5) is 22.0 Å². The smallest absolute Gasteiger partial charge is 0.303 e. The van der Waals surface area contributed by atoms with Crippen molar-refractivity contribution in [1.82, 2.24) is 18.6 Å². The standard InChI is InChI=1S/C25H23F5N4O2S/c26-20-5-6-23(21(27)10-20)33-11-22(31-14-33)16-2-1-15-8-18-3-4-19(9-17(15)7-16)24(18)12-34(13-25(28,29)30)37(35,36)32-24/h1-2,5-7,10-11,14,18-19,32H,3-4,8-9,12-13H2/t18-,19+,24-/m1/s1. The number of hydrogen-bond donors (Lipinski definition) is 1. The highest BCUT2D eigenvalue weighted by atomic mass is 32.2. The molecule has 196 valence electrons. The molecule has 2 aliphatic carbocycles. The molecule has 37 heavy (non-hydrogen) atoms. The van der Waals surface area contributed by atoms with Crippen molar-refractivity contribution in [3.63, 3.8) is 0 Å². The molecule has 2 bridgehead atoms. The Morgan fingerprint density at radius 2 is 1.76 bits per heavy atom. The summed E-state index contributed by atoms with van der Waals surface area (Å²) in [5.74, 6) is -1.65. The zero-order chi connectivity index (χ0) is 26.2. The molecule has 2 fully saturated rings. The van der Waals surface area contributed by atoms with Crippen molar-refractivity contribution < 1.29 is 30.4 Å². The molecule has 3 atom stereocenters. The molecule has 12 heteroatoms. The van der Waals surface area contributed by atoms with Crippen molar-refractivity contribution in [1.29, 1.82) is 0 Å². The van der Waals surface area contributed by atoms with Crippen LogP contribution in [0, 0.1) is 23.5 Å². The number of hydrogen-bond acceptors (Lipinski definition) is 3. The lowest BCUT2D eigenvalue weighted by Gasteiger charge is -2.33. The number of alkyl halides is 3. The molecule has 1 spiro atoms. The number of nitrogens with zero attached hydrogens (tertiary/aromatic N) is 3. The van der Waals surface area contributed by atoms with Gasteiger partial charge in [0.15, 0.2) is 0 Å². The van der Waals surface area contributed by atoms with Gasteiger partial charge in [0.1, 0.15) is 24.5 Å². The van der Waals surface area contributed by atoms with Crippen LogP contribution in [0.3, 0.4) is 0 Å². The molecule has 1 saturated carbocycles. The number of nitrogens with one attached hydrogen (secondary N) is 1. The molecule has 0 radical (unpaired) electrons. The van der Waals surface area contributed by atoms with Crippen molar-refractivity contribution >= 4 is 10.2 Å². The van der Waals surface area contributed by atoms with Gasteiger partial charge in [0.2, 0.25) is 0 Å². The van der Waals surface area contributed by atoms with E-state index in [0.29, 0.717) is 22.8 Å². The van der Waals surface area contributed by atoms with E-state index in [-0.39, 0.29) is 24.1 Å².